The Morgan fingerprint density at radius 2 is 1.28 bits per heavy atom. The van der Waals surface area contributed by atoms with Crippen LogP contribution in [0.25, 0.3) is 0 Å². The maximum absolute atomic E-state index is 14.1. The average molecular weight is 714 g/mol. The van der Waals surface area contributed by atoms with Gasteiger partial charge in [0.2, 0.25) is 0 Å². The number of hydrogen-bond acceptors (Lipinski definition) is 7. The van der Waals surface area contributed by atoms with E-state index in [0.29, 0.717) is 16.7 Å². The van der Waals surface area contributed by atoms with Crippen LogP contribution in [-0.4, -0.2) is 46.0 Å². The zero-order chi connectivity index (χ0) is 37.8. The van der Waals surface area contributed by atoms with Crippen molar-refractivity contribution in [3.63, 3.8) is 0 Å². The fourth-order valence-corrected chi connectivity index (χ4v) is 5.50. The molecular weight excluding hydrogens is 670 g/mol. The number of aliphatic hydroxyl groups is 1. The lowest BCUT2D eigenvalue weighted by atomic mass is 9.97. The van der Waals surface area contributed by atoms with Crippen LogP contribution in [0.15, 0.2) is 140 Å². The van der Waals surface area contributed by atoms with Gasteiger partial charge in [0.25, 0.3) is 5.91 Å². The molecule has 3 amide bonds. The van der Waals surface area contributed by atoms with E-state index >= 15 is 0 Å². The molecule has 0 unspecified atom stereocenters. The number of amides is 3. The molecule has 0 bridgehead atoms. The van der Waals surface area contributed by atoms with E-state index < -0.39 is 35.8 Å². The third-order valence-electron chi connectivity index (χ3n) is 8.10. The Labute approximate surface area is 309 Å². The number of hydrogen-bond donors (Lipinski definition) is 3. The van der Waals surface area contributed by atoms with Crippen LogP contribution in [0.4, 0.5) is 15.3 Å². The Morgan fingerprint density at radius 3 is 1.89 bits per heavy atom. The molecule has 0 saturated heterocycles. The summed E-state index contributed by atoms with van der Waals surface area (Å²) in [7, 11) is 0. The first-order valence-electron chi connectivity index (χ1n) is 17.2. The van der Waals surface area contributed by atoms with E-state index in [1.807, 2.05) is 60.7 Å². The van der Waals surface area contributed by atoms with Crippen molar-refractivity contribution in [2.45, 2.75) is 51.7 Å². The van der Waals surface area contributed by atoms with Crippen LogP contribution < -0.4 is 10.6 Å². The van der Waals surface area contributed by atoms with Crippen molar-refractivity contribution in [1.29, 1.82) is 0 Å². The third-order valence-corrected chi connectivity index (χ3v) is 8.10. The molecule has 53 heavy (non-hydrogen) atoms. The first-order valence-corrected chi connectivity index (χ1v) is 17.2. The molecule has 0 aromatic heterocycles. The first kappa shape index (κ1) is 38.0. The highest BCUT2D eigenvalue weighted by atomic mass is 16.6. The molecule has 0 fully saturated rings. The van der Waals surface area contributed by atoms with Crippen LogP contribution in [0, 0.1) is 0 Å². The monoisotopic (exact) mass is 713 g/mol. The normalized spacial score (nSPS) is 12.2. The molecule has 2 atom stereocenters. The number of aliphatic hydroxyl groups excluding tert-OH is 1. The smallest absolute Gasteiger partial charge is 0.410 e. The maximum atomic E-state index is 14.1. The largest absolute Gasteiger partial charge is 0.445 e. The number of anilines is 1. The molecule has 5 aromatic carbocycles. The molecule has 5 rings (SSSR count). The van der Waals surface area contributed by atoms with Gasteiger partial charge in [-0.05, 0) is 55.2 Å². The number of ketones is 1. The van der Waals surface area contributed by atoms with Crippen LogP contribution in [0.1, 0.15) is 71.1 Å². The van der Waals surface area contributed by atoms with Gasteiger partial charge in [0, 0.05) is 17.7 Å². The van der Waals surface area contributed by atoms with Gasteiger partial charge in [-0.25, -0.2) is 9.59 Å². The lowest BCUT2D eigenvalue weighted by Gasteiger charge is -2.29. The van der Waals surface area contributed by atoms with Gasteiger partial charge in [-0.3, -0.25) is 9.59 Å². The average Bonchev–Trinajstić information content (AvgIpc) is 3.16. The topological polar surface area (TPSA) is 134 Å². The second kappa shape index (κ2) is 17.8. The summed E-state index contributed by atoms with van der Waals surface area (Å²) in [6.45, 7) is 5.31. The second-order valence-electron chi connectivity index (χ2n) is 13.4. The van der Waals surface area contributed by atoms with Crippen molar-refractivity contribution in [2.24, 2.45) is 0 Å². The quantitative estimate of drug-likeness (QED) is 0.105. The third kappa shape index (κ3) is 11.1. The minimum Gasteiger partial charge on any atom is -0.445 e. The molecule has 0 aliphatic rings. The molecule has 0 aliphatic heterocycles. The zero-order valence-corrected chi connectivity index (χ0v) is 29.9. The molecule has 0 aliphatic carbocycles. The molecule has 0 radical (unpaired) electrons. The molecule has 0 saturated carbocycles. The van der Waals surface area contributed by atoms with Crippen molar-refractivity contribution < 1.29 is 33.8 Å². The summed E-state index contributed by atoms with van der Waals surface area (Å²) in [5.74, 6) is -1.02. The summed E-state index contributed by atoms with van der Waals surface area (Å²) < 4.78 is 11.1. The van der Waals surface area contributed by atoms with Gasteiger partial charge in [-0.15, -0.1) is 0 Å². The van der Waals surface area contributed by atoms with E-state index in [2.05, 4.69) is 10.6 Å². The highest BCUT2D eigenvalue weighted by Crippen LogP contribution is 2.28. The summed E-state index contributed by atoms with van der Waals surface area (Å²) in [6.07, 6.45) is -2.66. The fraction of sp³-hybridized carbons (Fsp3) is 0.209. The number of ether oxygens (including phenoxy) is 2. The van der Waals surface area contributed by atoms with E-state index in [1.54, 1.807) is 87.5 Å². The van der Waals surface area contributed by atoms with Crippen molar-refractivity contribution in [3.05, 3.63) is 173 Å². The van der Waals surface area contributed by atoms with E-state index in [0.717, 1.165) is 11.1 Å². The maximum Gasteiger partial charge on any atom is 0.410 e. The van der Waals surface area contributed by atoms with Crippen molar-refractivity contribution >= 4 is 29.6 Å². The lowest BCUT2D eigenvalue weighted by molar-refractivity contribution is -0.118. The van der Waals surface area contributed by atoms with E-state index in [4.69, 9.17) is 9.47 Å². The minimum atomic E-state index is -1.24. The Kier molecular flexibility index (Phi) is 12.7. The van der Waals surface area contributed by atoms with Gasteiger partial charge in [0.05, 0.1) is 18.3 Å². The fourth-order valence-electron chi connectivity index (χ4n) is 5.50. The Balaban J connectivity index is 1.44. The van der Waals surface area contributed by atoms with Crippen molar-refractivity contribution in [1.82, 2.24) is 10.2 Å². The number of rotatable bonds is 13. The highest BCUT2D eigenvalue weighted by Gasteiger charge is 2.28. The molecule has 10 heteroatoms. The number of carbonyl (C=O) groups excluding carboxylic acids is 4. The van der Waals surface area contributed by atoms with Crippen LogP contribution in [0.3, 0.4) is 0 Å². The van der Waals surface area contributed by atoms with Gasteiger partial charge in [0.15, 0.2) is 5.78 Å². The molecule has 5 aromatic rings. The summed E-state index contributed by atoms with van der Waals surface area (Å²) >= 11 is 0. The predicted octanol–water partition coefficient (Wildman–Crippen LogP) is 7.99. The zero-order valence-electron chi connectivity index (χ0n) is 29.9. The number of nitrogens with zero attached hydrogens (tertiary/aromatic N) is 1. The molecule has 0 spiro atoms. The summed E-state index contributed by atoms with van der Waals surface area (Å²) in [5.41, 5.74) is 2.30. The molecular formula is C43H43N3O7. The van der Waals surface area contributed by atoms with E-state index in [-0.39, 0.29) is 36.7 Å². The standard InChI is InChI=1S/C43H43N3O7/c1-43(2,3)53-42(51)46(27-30-16-8-4-9-17-30)28-37(47)34-24-25-35(39(48)33-22-14-7-15-23-33)36(26-34)44-40(49)38(32-20-12-6-13-21-32)45-41(50)52-29-31-18-10-5-11-19-31/h4-26,37-38,47H,27-29H2,1-3H3,(H,44,49)(H,45,50)/t37-,38-/m0/s1. The van der Waals surface area contributed by atoms with Gasteiger partial charge < -0.3 is 30.1 Å². The lowest BCUT2D eigenvalue weighted by Crippen LogP contribution is -2.39. The summed E-state index contributed by atoms with van der Waals surface area (Å²) in [5, 5.41) is 17.1. The summed E-state index contributed by atoms with van der Waals surface area (Å²) in [4.78, 5) is 55.6. The Bertz CT molecular complexity index is 1980. The van der Waals surface area contributed by atoms with Crippen molar-refractivity contribution in [3.8, 4) is 0 Å². The van der Waals surface area contributed by atoms with Crippen LogP contribution >= 0.6 is 0 Å². The van der Waals surface area contributed by atoms with Gasteiger partial charge in [-0.2, -0.15) is 0 Å². The van der Waals surface area contributed by atoms with E-state index in [9.17, 15) is 24.3 Å². The molecule has 0 heterocycles. The number of benzene rings is 5. The summed E-state index contributed by atoms with van der Waals surface area (Å²) in [6, 6.07) is 39.1. The van der Waals surface area contributed by atoms with Gasteiger partial charge in [0.1, 0.15) is 18.2 Å². The Hall–Kier alpha value is -6.26. The van der Waals surface area contributed by atoms with Gasteiger partial charge in [-0.1, -0.05) is 127 Å². The van der Waals surface area contributed by atoms with Crippen LogP contribution in [0.2, 0.25) is 0 Å². The predicted molar refractivity (Wildman–Crippen MR) is 202 cm³/mol. The first-order chi connectivity index (χ1) is 25.5. The number of nitrogens with one attached hydrogen (secondary N) is 2. The van der Waals surface area contributed by atoms with Crippen LogP contribution in [-0.2, 0) is 27.4 Å². The minimum absolute atomic E-state index is 0.00392. The SMILES string of the molecule is CC(C)(C)OC(=O)N(Cc1ccccc1)C[C@H](O)c1ccc(C(=O)c2ccccc2)c(NC(=O)[C@@H](NC(=O)OCc2ccccc2)c2ccccc2)c1. The Morgan fingerprint density at radius 1 is 0.717 bits per heavy atom. The number of alkyl carbamates (subject to hydrolysis) is 1. The highest BCUT2D eigenvalue weighted by molar-refractivity contribution is 6.14. The van der Waals surface area contributed by atoms with E-state index in [1.165, 1.54) is 17.0 Å². The molecule has 3 N–H and O–H groups in total. The van der Waals surface area contributed by atoms with Gasteiger partial charge >= 0.3 is 12.2 Å². The number of carbonyl (C=O) groups is 4. The van der Waals surface area contributed by atoms with Crippen LogP contribution in [0.5, 0.6) is 0 Å². The second-order valence-corrected chi connectivity index (χ2v) is 13.4. The van der Waals surface area contributed by atoms with Crippen molar-refractivity contribution in [2.75, 3.05) is 11.9 Å². The molecule has 10 nitrogen and oxygen atoms in total. The molecule has 272 valence electrons.